The lowest BCUT2D eigenvalue weighted by molar-refractivity contribution is 0.478. The van der Waals surface area contributed by atoms with Crippen LogP contribution in [0.3, 0.4) is 0 Å². The SMILES string of the molecule is Cc1ccc(CCl)cc1Oc1ccccc1. The van der Waals surface area contributed by atoms with E-state index in [0.717, 1.165) is 22.6 Å². The maximum absolute atomic E-state index is 5.80. The summed E-state index contributed by atoms with van der Waals surface area (Å²) in [4.78, 5) is 0. The van der Waals surface area contributed by atoms with E-state index in [1.165, 1.54) is 0 Å². The predicted octanol–water partition coefficient (Wildman–Crippen LogP) is 4.53. The minimum atomic E-state index is 0.505. The van der Waals surface area contributed by atoms with Crippen molar-refractivity contribution in [1.82, 2.24) is 0 Å². The number of benzene rings is 2. The molecule has 2 aromatic carbocycles. The van der Waals surface area contributed by atoms with Crippen molar-refractivity contribution in [3.05, 3.63) is 59.7 Å². The molecule has 0 unspecified atom stereocenters. The highest BCUT2D eigenvalue weighted by atomic mass is 35.5. The molecule has 0 aliphatic rings. The number of para-hydroxylation sites is 1. The Labute approximate surface area is 101 Å². The van der Waals surface area contributed by atoms with Crippen LogP contribution < -0.4 is 4.74 Å². The molecular weight excluding hydrogens is 220 g/mol. The summed E-state index contributed by atoms with van der Waals surface area (Å²) in [5.41, 5.74) is 2.18. The van der Waals surface area contributed by atoms with Crippen molar-refractivity contribution in [3.8, 4) is 11.5 Å². The topological polar surface area (TPSA) is 9.23 Å². The van der Waals surface area contributed by atoms with Crippen molar-refractivity contribution in [3.63, 3.8) is 0 Å². The third-order valence-corrected chi connectivity index (χ3v) is 2.69. The predicted molar refractivity (Wildman–Crippen MR) is 67.3 cm³/mol. The lowest BCUT2D eigenvalue weighted by Crippen LogP contribution is -1.89. The number of ether oxygens (including phenoxy) is 1. The summed E-state index contributed by atoms with van der Waals surface area (Å²) >= 11 is 5.80. The molecule has 0 heterocycles. The molecule has 82 valence electrons. The summed E-state index contributed by atoms with van der Waals surface area (Å²) in [7, 11) is 0. The largest absolute Gasteiger partial charge is 0.457 e. The van der Waals surface area contributed by atoms with Crippen LogP contribution in [-0.4, -0.2) is 0 Å². The van der Waals surface area contributed by atoms with Crippen LogP contribution in [0, 0.1) is 6.92 Å². The van der Waals surface area contributed by atoms with Crippen LogP contribution in [0.25, 0.3) is 0 Å². The van der Waals surface area contributed by atoms with E-state index in [2.05, 4.69) is 0 Å². The summed E-state index contributed by atoms with van der Waals surface area (Å²) in [5.74, 6) is 2.22. The standard InChI is InChI=1S/C14H13ClO/c1-11-7-8-12(10-15)9-14(11)16-13-5-3-2-4-6-13/h2-9H,10H2,1H3. The van der Waals surface area contributed by atoms with Gasteiger partial charge in [0.2, 0.25) is 0 Å². The minimum Gasteiger partial charge on any atom is -0.457 e. The van der Waals surface area contributed by atoms with Gasteiger partial charge in [0, 0.05) is 5.88 Å². The number of hydrogen-bond acceptors (Lipinski definition) is 1. The molecule has 0 aromatic heterocycles. The second-order valence-corrected chi connectivity index (χ2v) is 3.92. The first-order valence-corrected chi connectivity index (χ1v) is 5.71. The van der Waals surface area contributed by atoms with E-state index in [0.29, 0.717) is 5.88 Å². The van der Waals surface area contributed by atoms with Crippen LogP contribution in [0.4, 0.5) is 0 Å². The first-order chi connectivity index (χ1) is 7.79. The normalized spacial score (nSPS) is 10.1. The van der Waals surface area contributed by atoms with Gasteiger partial charge in [0.05, 0.1) is 0 Å². The van der Waals surface area contributed by atoms with E-state index in [4.69, 9.17) is 16.3 Å². The van der Waals surface area contributed by atoms with Gasteiger partial charge in [0.25, 0.3) is 0 Å². The fourth-order valence-corrected chi connectivity index (χ4v) is 1.62. The van der Waals surface area contributed by atoms with Crippen LogP contribution in [0.15, 0.2) is 48.5 Å². The molecule has 0 spiro atoms. The van der Waals surface area contributed by atoms with Gasteiger partial charge in [-0.05, 0) is 36.2 Å². The minimum absolute atomic E-state index is 0.505. The van der Waals surface area contributed by atoms with Crippen LogP contribution in [0.1, 0.15) is 11.1 Å². The molecule has 0 saturated heterocycles. The first-order valence-electron chi connectivity index (χ1n) is 5.18. The van der Waals surface area contributed by atoms with Gasteiger partial charge in [-0.3, -0.25) is 0 Å². The molecule has 0 aliphatic heterocycles. The van der Waals surface area contributed by atoms with Crippen molar-refractivity contribution in [2.24, 2.45) is 0 Å². The highest BCUT2D eigenvalue weighted by Crippen LogP contribution is 2.26. The highest BCUT2D eigenvalue weighted by molar-refractivity contribution is 6.17. The van der Waals surface area contributed by atoms with Crippen LogP contribution in [-0.2, 0) is 5.88 Å². The molecule has 2 aromatic rings. The van der Waals surface area contributed by atoms with Crippen molar-refractivity contribution in [2.75, 3.05) is 0 Å². The summed E-state index contributed by atoms with van der Waals surface area (Å²) < 4.78 is 5.79. The van der Waals surface area contributed by atoms with E-state index in [-0.39, 0.29) is 0 Å². The monoisotopic (exact) mass is 232 g/mol. The Kier molecular flexibility index (Phi) is 3.47. The Morgan fingerprint density at radius 2 is 1.81 bits per heavy atom. The van der Waals surface area contributed by atoms with Gasteiger partial charge in [-0.1, -0.05) is 30.3 Å². The van der Waals surface area contributed by atoms with Gasteiger partial charge in [0.15, 0.2) is 0 Å². The molecular formula is C14H13ClO. The summed E-state index contributed by atoms with van der Waals surface area (Å²) in [6.07, 6.45) is 0. The zero-order valence-electron chi connectivity index (χ0n) is 9.11. The van der Waals surface area contributed by atoms with Gasteiger partial charge in [-0.2, -0.15) is 0 Å². The molecule has 2 rings (SSSR count). The van der Waals surface area contributed by atoms with Crippen LogP contribution >= 0.6 is 11.6 Å². The first kappa shape index (κ1) is 11.0. The van der Waals surface area contributed by atoms with Crippen LogP contribution in [0.5, 0.6) is 11.5 Å². The summed E-state index contributed by atoms with van der Waals surface area (Å²) in [5, 5.41) is 0. The molecule has 0 radical (unpaired) electrons. The number of halogens is 1. The fraction of sp³-hybridized carbons (Fsp3) is 0.143. The Morgan fingerprint density at radius 3 is 2.50 bits per heavy atom. The van der Waals surface area contributed by atoms with Gasteiger partial charge >= 0.3 is 0 Å². The molecule has 0 aliphatic carbocycles. The third-order valence-electron chi connectivity index (χ3n) is 2.38. The van der Waals surface area contributed by atoms with E-state index in [1.807, 2.05) is 55.5 Å². The highest BCUT2D eigenvalue weighted by Gasteiger charge is 2.02. The second-order valence-electron chi connectivity index (χ2n) is 3.65. The third kappa shape index (κ3) is 2.56. The molecule has 2 heteroatoms. The van der Waals surface area contributed by atoms with Gasteiger partial charge in [-0.25, -0.2) is 0 Å². The quantitative estimate of drug-likeness (QED) is 0.707. The average Bonchev–Trinajstić information content (AvgIpc) is 2.33. The van der Waals surface area contributed by atoms with Crippen LogP contribution in [0.2, 0.25) is 0 Å². The lowest BCUT2D eigenvalue weighted by atomic mass is 10.1. The van der Waals surface area contributed by atoms with Crippen molar-refractivity contribution < 1.29 is 4.74 Å². The molecule has 0 amide bonds. The zero-order chi connectivity index (χ0) is 11.4. The Balaban J connectivity index is 2.27. The van der Waals surface area contributed by atoms with E-state index in [9.17, 15) is 0 Å². The van der Waals surface area contributed by atoms with E-state index in [1.54, 1.807) is 0 Å². The molecule has 0 N–H and O–H groups in total. The molecule has 1 nitrogen and oxygen atoms in total. The van der Waals surface area contributed by atoms with Gasteiger partial charge in [0.1, 0.15) is 11.5 Å². The van der Waals surface area contributed by atoms with Gasteiger partial charge in [-0.15, -0.1) is 11.6 Å². The van der Waals surface area contributed by atoms with E-state index < -0.39 is 0 Å². The second kappa shape index (κ2) is 5.04. The van der Waals surface area contributed by atoms with E-state index >= 15 is 0 Å². The Hall–Kier alpha value is -1.47. The number of aryl methyl sites for hydroxylation is 1. The van der Waals surface area contributed by atoms with Crippen molar-refractivity contribution >= 4 is 11.6 Å². The summed E-state index contributed by atoms with van der Waals surface area (Å²) in [6.45, 7) is 2.02. The fourth-order valence-electron chi connectivity index (χ4n) is 1.45. The lowest BCUT2D eigenvalue weighted by Gasteiger charge is -2.09. The zero-order valence-corrected chi connectivity index (χ0v) is 9.87. The molecule has 16 heavy (non-hydrogen) atoms. The number of rotatable bonds is 3. The Bertz CT molecular complexity index is 465. The molecule has 0 saturated carbocycles. The Morgan fingerprint density at radius 1 is 1.06 bits per heavy atom. The summed E-state index contributed by atoms with van der Waals surface area (Å²) in [6, 6.07) is 15.8. The molecule has 0 atom stereocenters. The van der Waals surface area contributed by atoms with Crippen molar-refractivity contribution in [2.45, 2.75) is 12.8 Å². The van der Waals surface area contributed by atoms with Crippen molar-refractivity contribution in [1.29, 1.82) is 0 Å². The smallest absolute Gasteiger partial charge is 0.130 e. The number of hydrogen-bond donors (Lipinski definition) is 0. The maximum atomic E-state index is 5.80. The maximum Gasteiger partial charge on any atom is 0.130 e. The molecule has 0 fully saturated rings. The van der Waals surface area contributed by atoms with Gasteiger partial charge < -0.3 is 4.74 Å². The molecule has 0 bridgehead atoms. The number of alkyl halides is 1. The average molecular weight is 233 g/mol.